The van der Waals surface area contributed by atoms with Crippen molar-refractivity contribution in [3.63, 3.8) is 0 Å². The monoisotopic (exact) mass is 310 g/mol. The molecule has 0 aliphatic heterocycles. The Morgan fingerprint density at radius 1 is 1.22 bits per heavy atom. The third-order valence-electron chi connectivity index (χ3n) is 3.60. The second kappa shape index (κ2) is 6.48. The highest BCUT2D eigenvalue weighted by Gasteiger charge is 2.10. The smallest absolute Gasteiger partial charge is 0.251 e. The largest absolute Gasteiger partial charge is 0.497 e. The van der Waals surface area contributed by atoms with Crippen LogP contribution in [0.2, 0.25) is 0 Å². The Morgan fingerprint density at radius 2 is 2.00 bits per heavy atom. The van der Waals surface area contributed by atoms with Gasteiger partial charge in [0, 0.05) is 12.1 Å². The fraction of sp³-hybridized carbons (Fsp3) is 0.235. The molecule has 1 amide bonds. The molecule has 0 unspecified atom stereocenters. The Labute approximate surface area is 134 Å². The highest BCUT2D eigenvalue weighted by Crippen LogP contribution is 2.17. The highest BCUT2D eigenvalue weighted by atomic mass is 16.5. The molecule has 0 aliphatic carbocycles. The van der Waals surface area contributed by atoms with Gasteiger partial charge in [-0.1, -0.05) is 17.3 Å². The summed E-state index contributed by atoms with van der Waals surface area (Å²) in [6.45, 7) is 3.10. The van der Waals surface area contributed by atoms with E-state index in [9.17, 15) is 4.79 Å². The Hall–Kier alpha value is -2.89. The molecule has 3 aromatic rings. The van der Waals surface area contributed by atoms with Gasteiger partial charge in [-0.3, -0.25) is 4.79 Å². The second-order valence-corrected chi connectivity index (χ2v) is 5.16. The molecule has 2 aromatic carbocycles. The van der Waals surface area contributed by atoms with Gasteiger partial charge >= 0.3 is 0 Å². The average Bonchev–Trinajstić information content (AvgIpc) is 2.98. The molecule has 6 nitrogen and oxygen atoms in total. The Kier molecular flexibility index (Phi) is 4.23. The molecule has 0 atom stereocenters. The van der Waals surface area contributed by atoms with Crippen LogP contribution >= 0.6 is 0 Å². The van der Waals surface area contributed by atoms with Crippen molar-refractivity contribution in [3.8, 4) is 5.75 Å². The maximum atomic E-state index is 11.9. The molecule has 0 radical (unpaired) electrons. The molecule has 1 heterocycles. The fourth-order valence-electron chi connectivity index (χ4n) is 2.40. The van der Waals surface area contributed by atoms with Crippen LogP contribution in [0.5, 0.6) is 5.75 Å². The molecule has 0 saturated heterocycles. The maximum Gasteiger partial charge on any atom is 0.251 e. The lowest BCUT2D eigenvalue weighted by Crippen LogP contribution is -2.22. The van der Waals surface area contributed by atoms with E-state index in [2.05, 4.69) is 15.6 Å². The van der Waals surface area contributed by atoms with E-state index in [1.54, 1.807) is 19.2 Å². The van der Waals surface area contributed by atoms with Gasteiger partial charge in [-0.25, -0.2) is 4.68 Å². The Morgan fingerprint density at radius 3 is 2.70 bits per heavy atom. The number of amides is 1. The Bertz CT molecular complexity index is 824. The first-order chi connectivity index (χ1) is 11.2. The van der Waals surface area contributed by atoms with Gasteiger partial charge in [-0.05, 0) is 42.8 Å². The van der Waals surface area contributed by atoms with Gasteiger partial charge < -0.3 is 10.1 Å². The molecule has 0 spiro atoms. The van der Waals surface area contributed by atoms with Gasteiger partial charge in [0.2, 0.25) is 0 Å². The fourth-order valence-corrected chi connectivity index (χ4v) is 2.40. The van der Waals surface area contributed by atoms with Crippen LogP contribution in [0.15, 0.2) is 42.5 Å². The molecule has 1 N–H and O–H groups in total. The lowest BCUT2D eigenvalue weighted by Gasteiger charge is -2.05. The summed E-state index contributed by atoms with van der Waals surface area (Å²) in [6, 6.07) is 13.3. The SMILES string of the molecule is CCNC(=O)c1ccc2c(c1)nnn2Cc1ccc(OC)cc1. The molecule has 0 aliphatic rings. The number of rotatable bonds is 5. The zero-order valence-electron chi connectivity index (χ0n) is 13.1. The number of hydrogen-bond donors (Lipinski definition) is 1. The average molecular weight is 310 g/mol. The number of aromatic nitrogens is 3. The van der Waals surface area contributed by atoms with E-state index >= 15 is 0 Å². The molecule has 0 fully saturated rings. The van der Waals surface area contributed by atoms with Crippen LogP contribution in [0.25, 0.3) is 11.0 Å². The summed E-state index contributed by atoms with van der Waals surface area (Å²) < 4.78 is 6.98. The zero-order chi connectivity index (χ0) is 16.2. The van der Waals surface area contributed by atoms with E-state index in [0.29, 0.717) is 24.2 Å². The summed E-state index contributed by atoms with van der Waals surface area (Å²) in [6.07, 6.45) is 0. The van der Waals surface area contributed by atoms with Crippen molar-refractivity contribution in [1.82, 2.24) is 20.3 Å². The van der Waals surface area contributed by atoms with Crippen molar-refractivity contribution < 1.29 is 9.53 Å². The van der Waals surface area contributed by atoms with E-state index in [-0.39, 0.29) is 5.91 Å². The van der Waals surface area contributed by atoms with Gasteiger partial charge in [0.1, 0.15) is 11.3 Å². The van der Waals surface area contributed by atoms with Crippen molar-refractivity contribution in [1.29, 1.82) is 0 Å². The van der Waals surface area contributed by atoms with Gasteiger partial charge in [0.05, 0.1) is 19.2 Å². The minimum atomic E-state index is -0.0981. The molecule has 6 heteroatoms. The van der Waals surface area contributed by atoms with E-state index in [1.165, 1.54) is 0 Å². The molecule has 118 valence electrons. The standard InChI is InChI=1S/C17H18N4O2/c1-3-18-17(22)13-6-9-16-15(10-13)19-20-21(16)11-12-4-7-14(23-2)8-5-12/h4-10H,3,11H2,1-2H3,(H,18,22). The Balaban J connectivity index is 1.85. The van der Waals surface area contributed by atoms with Crippen LogP contribution in [-0.4, -0.2) is 34.6 Å². The van der Waals surface area contributed by atoms with Crippen molar-refractivity contribution in [2.45, 2.75) is 13.5 Å². The summed E-state index contributed by atoms with van der Waals surface area (Å²) in [5, 5.41) is 11.1. The third kappa shape index (κ3) is 3.15. The van der Waals surface area contributed by atoms with E-state index in [0.717, 1.165) is 16.8 Å². The molecule has 23 heavy (non-hydrogen) atoms. The maximum absolute atomic E-state index is 11.9. The summed E-state index contributed by atoms with van der Waals surface area (Å²) in [5.41, 5.74) is 3.30. The van der Waals surface area contributed by atoms with Gasteiger partial charge in [0.25, 0.3) is 5.91 Å². The number of fused-ring (bicyclic) bond motifs is 1. The quantitative estimate of drug-likeness (QED) is 0.784. The normalized spacial score (nSPS) is 10.7. The summed E-state index contributed by atoms with van der Waals surface area (Å²) in [4.78, 5) is 11.9. The zero-order valence-corrected chi connectivity index (χ0v) is 13.1. The van der Waals surface area contributed by atoms with Crippen molar-refractivity contribution >= 4 is 16.9 Å². The first-order valence-electron chi connectivity index (χ1n) is 7.45. The predicted octanol–water partition coefficient (Wildman–Crippen LogP) is 2.24. The van der Waals surface area contributed by atoms with E-state index in [4.69, 9.17) is 4.74 Å². The van der Waals surface area contributed by atoms with Gasteiger partial charge in [-0.15, -0.1) is 5.10 Å². The highest BCUT2D eigenvalue weighted by molar-refractivity contribution is 5.97. The third-order valence-corrected chi connectivity index (χ3v) is 3.60. The van der Waals surface area contributed by atoms with E-state index in [1.807, 2.05) is 41.9 Å². The molecule has 0 bridgehead atoms. The van der Waals surface area contributed by atoms with Crippen molar-refractivity contribution in [2.24, 2.45) is 0 Å². The lowest BCUT2D eigenvalue weighted by atomic mass is 10.1. The van der Waals surface area contributed by atoms with E-state index < -0.39 is 0 Å². The summed E-state index contributed by atoms with van der Waals surface area (Å²) >= 11 is 0. The first-order valence-corrected chi connectivity index (χ1v) is 7.45. The first kappa shape index (κ1) is 15.0. The number of hydrogen-bond acceptors (Lipinski definition) is 4. The topological polar surface area (TPSA) is 69.0 Å². The van der Waals surface area contributed by atoms with Crippen LogP contribution < -0.4 is 10.1 Å². The number of carbonyl (C=O) groups is 1. The number of benzene rings is 2. The van der Waals surface area contributed by atoms with Crippen LogP contribution in [-0.2, 0) is 6.54 Å². The van der Waals surface area contributed by atoms with Gasteiger partial charge in [-0.2, -0.15) is 0 Å². The molecule has 3 rings (SSSR count). The predicted molar refractivity (Wildman–Crippen MR) is 87.6 cm³/mol. The number of methoxy groups -OCH3 is 1. The van der Waals surface area contributed by atoms with Gasteiger partial charge in [0.15, 0.2) is 0 Å². The summed E-state index contributed by atoms with van der Waals surface area (Å²) in [5.74, 6) is 0.725. The molecule has 1 aromatic heterocycles. The number of nitrogens with one attached hydrogen (secondary N) is 1. The minimum absolute atomic E-state index is 0.0981. The minimum Gasteiger partial charge on any atom is -0.497 e. The molecular formula is C17H18N4O2. The van der Waals surface area contributed by atoms with Crippen molar-refractivity contribution in [3.05, 3.63) is 53.6 Å². The van der Waals surface area contributed by atoms with Crippen LogP contribution in [0.3, 0.4) is 0 Å². The number of ether oxygens (including phenoxy) is 1. The number of carbonyl (C=O) groups excluding carboxylic acids is 1. The van der Waals surface area contributed by atoms with Crippen LogP contribution in [0, 0.1) is 0 Å². The molecule has 0 saturated carbocycles. The summed E-state index contributed by atoms with van der Waals surface area (Å²) in [7, 11) is 1.65. The van der Waals surface area contributed by atoms with Crippen molar-refractivity contribution in [2.75, 3.05) is 13.7 Å². The van der Waals surface area contributed by atoms with Crippen LogP contribution in [0.1, 0.15) is 22.8 Å². The van der Waals surface area contributed by atoms with Crippen LogP contribution in [0.4, 0.5) is 0 Å². The molecular weight excluding hydrogens is 292 g/mol. The second-order valence-electron chi connectivity index (χ2n) is 5.16. The number of nitrogens with zero attached hydrogens (tertiary/aromatic N) is 3. The lowest BCUT2D eigenvalue weighted by molar-refractivity contribution is 0.0956.